The van der Waals surface area contributed by atoms with Gasteiger partial charge >= 0.3 is 0 Å². The van der Waals surface area contributed by atoms with Crippen LogP contribution in [0.25, 0.3) is 0 Å². The predicted octanol–water partition coefficient (Wildman–Crippen LogP) is 2.30. The summed E-state index contributed by atoms with van der Waals surface area (Å²) in [6.45, 7) is 2.73. The van der Waals surface area contributed by atoms with Crippen molar-refractivity contribution >= 4 is 0 Å². The fourth-order valence-corrected chi connectivity index (χ4v) is 2.15. The topological polar surface area (TPSA) is 41.5 Å². The van der Waals surface area contributed by atoms with Gasteiger partial charge in [0.1, 0.15) is 5.75 Å². The van der Waals surface area contributed by atoms with E-state index in [1.807, 2.05) is 18.2 Å². The second-order valence-corrected chi connectivity index (χ2v) is 5.02. The van der Waals surface area contributed by atoms with Crippen LogP contribution in [0.2, 0.25) is 0 Å². The summed E-state index contributed by atoms with van der Waals surface area (Å²) in [6.07, 6.45) is 3.77. The lowest BCUT2D eigenvalue weighted by molar-refractivity contribution is 0.171. The zero-order chi connectivity index (χ0) is 12.1. The van der Waals surface area contributed by atoms with Crippen molar-refractivity contribution in [2.24, 2.45) is 5.41 Å². The average Bonchev–Trinajstić information content (AvgIpc) is 3.07. The highest BCUT2D eigenvalue weighted by Gasteiger charge is 2.41. The van der Waals surface area contributed by atoms with Crippen LogP contribution in [-0.4, -0.2) is 25.4 Å². The molecule has 1 aromatic rings. The Kier molecular flexibility index (Phi) is 4.02. The highest BCUT2D eigenvalue weighted by Crippen LogP contribution is 2.48. The van der Waals surface area contributed by atoms with Crippen LogP contribution in [0.15, 0.2) is 24.3 Å². The van der Waals surface area contributed by atoms with Crippen LogP contribution in [0.4, 0.5) is 0 Å². The number of rotatable bonds is 7. The van der Waals surface area contributed by atoms with E-state index in [1.165, 1.54) is 12.8 Å². The van der Waals surface area contributed by atoms with Crippen LogP contribution < -0.4 is 5.32 Å². The summed E-state index contributed by atoms with van der Waals surface area (Å²) < 4.78 is 5.14. The standard InChI is InChI=1S/C14H21NO2/c1-17-8-7-14(5-6-14)11-15-10-12-3-2-4-13(16)9-12/h2-4,9,15-16H,5-8,10-11H2,1H3. The zero-order valence-corrected chi connectivity index (χ0v) is 10.4. The van der Waals surface area contributed by atoms with Crippen LogP contribution in [-0.2, 0) is 11.3 Å². The molecule has 1 fully saturated rings. The monoisotopic (exact) mass is 235 g/mol. The van der Waals surface area contributed by atoms with Gasteiger partial charge in [0.05, 0.1) is 0 Å². The van der Waals surface area contributed by atoms with Gasteiger partial charge in [0.25, 0.3) is 0 Å². The molecule has 3 nitrogen and oxygen atoms in total. The first-order valence-corrected chi connectivity index (χ1v) is 6.22. The number of phenols is 1. The second-order valence-electron chi connectivity index (χ2n) is 5.02. The Bertz CT molecular complexity index is 361. The quantitative estimate of drug-likeness (QED) is 0.762. The summed E-state index contributed by atoms with van der Waals surface area (Å²) >= 11 is 0. The third kappa shape index (κ3) is 3.72. The van der Waals surface area contributed by atoms with Crippen LogP contribution >= 0.6 is 0 Å². The van der Waals surface area contributed by atoms with Crippen LogP contribution in [0.5, 0.6) is 5.75 Å². The number of methoxy groups -OCH3 is 1. The molecule has 0 heterocycles. The third-order valence-corrected chi connectivity index (χ3v) is 3.53. The lowest BCUT2D eigenvalue weighted by Crippen LogP contribution is -2.24. The molecule has 94 valence electrons. The predicted molar refractivity (Wildman–Crippen MR) is 68.0 cm³/mol. The van der Waals surface area contributed by atoms with Gasteiger partial charge in [-0.05, 0) is 42.4 Å². The van der Waals surface area contributed by atoms with Crippen molar-refractivity contribution in [2.45, 2.75) is 25.8 Å². The van der Waals surface area contributed by atoms with Crippen molar-refractivity contribution in [3.05, 3.63) is 29.8 Å². The van der Waals surface area contributed by atoms with E-state index >= 15 is 0 Å². The van der Waals surface area contributed by atoms with Gasteiger partial charge in [-0.1, -0.05) is 12.1 Å². The van der Waals surface area contributed by atoms with Crippen molar-refractivity contribution in [1.82, 2.24) is 5.32 Å². The number of aromatic hydroxyl groups is 1. The Labute approximate surface area is 103 Å². The van der Waals surface area contributed by atoms with E-state index in [9.17, 15) is 5.11 Å². The van der Waals surface area contributed by atoms with Gasteiger partial charge in [0.15, 0.2) is 0 Å². The molecule has 1 aliphatic carbocycles. The summed E-state index contributed by atoms with van der Waals surface area (Å²) in [6, 6.07) is 7.41. The Balaban J connectivity index is 1.72. The highest BCUT2D eigenvalue weighted by molar-refractivity contribution is 5.26. The molecule has 0 radical (unpaired) electrons. The Hall–Kier alpha value is -1.06. The van der Waals surface area contributed by atoms with E-state index < -0.39 is 0 Å². The average molecular weight is 235 g/mol. The Morgan fingerprint density at radius 3 is 2.88 bits per heavy atom. The lowest BCUT2D eigenvalue weighted by atomic mass is 10.0. The Morgan fingerprint density at radius 1 is 1.41 bits per heavy atom. The first-order chi connectivity index (χ1) is 8.24. The molecule has 0 aromatic heterocycles. The molecule has 0 amide bonds. The van der Waals surface area contributed by atoms with Crippen LogP contribution in [0.1, 0.15) is 24.8 Å². The van der Waals surface area contributed by atoms with Gasteiger partial charge in [-0.25, -0.2) is 0 Å². The number of ether oxygens (including phenoxy) is 1. The van der Waals surface area contributed by atoms with E-state index in [0.29, 0.717) is 11.2 Å². The first-order valence-electron chi connectivity index (χ1n) is 6.22. The van der Waals surface area contributed by atoms with Gasteiger partial charge in [-0.3, -0.25) is 0 Å². The number of hydrogen-bond acceptors (Lipinski definition) is 3. The molecular weight excluding hydrogens is 214 g/mol. The van der Waals surface area contributed by atoms with Crippen molar-refractivity contribution in [1.29, 1.82) is 0 Å². The molecule has 0 aliphatic heterocycles. The molecule has 0 atom stereocenters. The molecule has 2 rings (SSSR count). The minimum absolute atomic E-state index is 0.338. The van der Waals surface area contributed by atoms with E-state index in [0.717, 1.165) is 31.7 Å². The summed E-state index contributed by atoms with van der Waals surface area (Å²) in [5.74, 6) is 0.338. The molecule has 3 heteroatoms. The molecule has 1 aromatic carbocycles. The SMILES string of the molecule is COCCC1(CNCc2cccc(O)c2)CC1. The van der Waals surface area contributed by atoms with E-state index in [4.69, 9.17) is 4.74 Å². The third-order valence-electron chi connectivity index (χ3n) is 3.53. The van der Waals surface area contributed by atoms with E-state index in [-0.39, 0.29) is 0 Å². The minimum atomic E-state index is 0.338. The molecule has 0 saturated heterocycles. The van der Waals surface area contributed by atoms with Crippen molar-refractivity contribution in [2.75, 3.05) is 20.3 Å². The molecule has 0 spiro atoms. The van der Waals surface area contributed by atoms with Crippen LogP contribution in [0.3, 0.4) is 0 Å². The van der Waals surface area contributed by atoms with Gasteiger partial charge < -0.3 is 15.2 Å². The molecule has 17 heavy (non-hydrogen) atoms. The summed E-state index contributed by atoms with van der Waals surface area (Å²) in [4.78, 5) is 0. The maximum Gasteiger partial charge on any atom is 0.115 e. The maximum atomic E-state index is 9.36. The summed E-state index contributed by atoms with van der Waals surface area (Å²) in [5.41, 5.74) is 1.61. The number of phenolic OH excluding ortho intramolecular Hbond substituents is 1. The number of hydrogen-bond donors (Lipinski definition) is 2. The molecule has 0 bridgehead atoms. The molecule has 1 aliphatic rings. The fraction of sp³-hybridized carbons (Fsp3) is 0.571. The molecule has 1 saturated carbocycles. The van der Waals surface area contributed by atoms with Crippen molar-refractivity contribution in [3.8, 4) is 5.75 Å². The highest BCUT2D eigenvalue weighted by atomic mass is 16.5. The normalized spacial score (nSPS) is 17.0. The number of benzene rings is 1. The van der Waals surface area contributed by atoms with Crippen LogP contribution in [0, 0.1) is 5.41 Å². The maximum absolute atomic E-state index is 9.36. The smallest absolute Gasteiger partial charge is 0.115 e. The fourth-order valence-electron chi connectivity index (χ4n) is 2.15. The lowest BCUT2D eigenvalue weighted by Gasteiger charge is -2.15. The molecular formula is C14H21NO2. The van der Waals surface area contributed by atoms with Crippen molar-refractivity contribution in [3.63, 3.8) is 0 Å². The number of nitrogens with one attached hydrogen (secondary N) is 1. The zero-order valence-electron chi connectivity index (χ0n) is 10.4. The summed E-state index contributed by atoms with van der Waals surface area (Å²) in [5, 5.41) is 12.8. The summed E-state index contributed by atoms with van der Waals surface area (Å²) in [7, 11) is 1.76. The van der Waals surface area contributed by atoms with E-state index in [2.05, 4.69) is 5.32 Å². The van der Waals surface area contributed by atoms with Crippen molar-refractivity contribution < 1.29 is 9.84 Å². The molecule has 2 N–H and O–H groups in total. The van der Waals surface area contributed by atoms with Gasteiger partial charge in [-0.2, -0.15) is 0 Å². The second kappa shape index (κ2) is 5.52. The van der Waals surface area contributed by atoms with Gasteiger partial charge in [-0.15, -0.1) is 0 Å². The first kappa shape index (κ1) is 12.4. The molecule has 0 unspecified atom stereocenters. The van der Waals surface area contributed by atoms with Gasteiger partial charge in [0.2, 0.25) is 0 Å². The minimum Gasteiger partial charge on any atom is -0.508 e. The van der Waals surface area contributed by atoms with Gasteiger partial charge in [0, 0.05) is 26.8 Å². The largest absolute Gasteiger partial charge is 0.508 e. The van der Waals surface area contributed by atoms with E-state index in [1.54, 1.807) is 13.2 Å². The Morgan fingerprint density at radius 2 is 2.24 bits per heavy atom.